The Kier molecular flexibility index (Phi) is 2.99. The minimum atomic E-state index is 0.611. The normalized spacial score (nSPS) is 25.9. The molecule has 2 aliphatic carbocycles. The van der Waals surface area contributed by atoms with Gasteiger partial charge >= 0.3 is 0 Å². The molecule has 2 aliphatic rings. The average molecular weight is 279 g/mol. The molecule has 1 aromatic carbocycles. The van der Waals surface area contributed by atoms with Crippen molar-refractivity contribution in [2.24, 2.45) is 5.92 Å². The van der Waals surface area contributed by atoms with Crippen LogP contribution in [0.4, 0.5) is 0 Å². The second-order valence-electron chi connectivity index (χ2n) is 6.84. The molecule has 3 heteroatoms. The molecule has 2 fully saturated rings. The number of nitriles is 1. The third-order valence-electron chi connectivity index (χ3n) is 5.14. The van der Waals surface area contributed by atoms with Crippen LogP contribution >= 0.6 is 0 Å². The highest BCUT2D eigenvalue weighted by molar-refractivity contribution is 5.78. The van der Waals surface area contributed by atoms with Gasteiger partial charge in [-0.1, -0.05) is 19.8 Å². The summed E-state index contributed by atoms with van der Waals surface area (Å²) in [4.78, 5) is 4.94. The Hall–Kier alpha value is -1.82. The fourth-order valence-electron chi connectivity index (χ4n) is 3.71. The fraction of sp³-hybridized carbons (Fsp3) is 0.556. The van der Waals surface area contributed by atoms with Crippen LogP contribution < -0.4 is 0 Å². The van der Waals surface area contributed by atoms with Gasteiger partial charge in [-0.3, -0.25) is 0 Å². The van der Waals surface area contributed by atoms with Crippen LogP contribution in [-0.2, 0) is 0 Å². The maximum Gasteiger partial charge on any atom is 0.113 e. The molecule has 0 aliphatic heterocycles. The van der Waals surface area contributed by atoms with Crippen LogP contribution in [-0.4, -0.2) is 9.55 Å². The van der Waals surface area contributed by atoms with Crippen LogP contribution in [0.15, 0.2) is 18.2 Å². The van der Waals surface area contributed by atoms with Gasteiger partial charge in [-0.15, -0.1) is 0 Å². The van der Waals surface area contributed by atoms with Gasteiger partial charge in [-0.25, -0.2) is 4.98 Å². The molecular weight excluding hydrogens is 258 g/mol. The number of hydrogen-bond acceptors (Lipinski definition) is 2. The van der Waals surface area contributed by atoms with Crippen LogP contribution in [0.3, 0.4) is 0 Å². The van der Waals surface area contributed by atoms with E-state index in [1.807, 2.05) is 12.1 Å². The first kappa shape index (κ1) is 12.9. The van der Waals surface area contributed by atoms with Gasteiger partial charge < -0.3 is 4.57 Å². The quantitative estimate of drug-likeness (QED) is 0.810. The van der Waals surface area contributed by atoms with Crippen LogP contribution in [0.2, 0.25) is 0 Å². The summed E-state index contributed by atoms with van der Waals surface area (Å²) >= 11 is 0. The zero-order valence-corrected chi connectivity index (χ0v) is 12.5. The standard InChI is InChI=1S/C18H21N3/c1-12-2-5-14(6-3-12)18-20-16-10-13(11-19)4-9-17(16)21(18)15-7-8-15/h4,9-10,12,14-15H,2-3,5-8H2,1H3. The molecule has 21 heavy (non-hydrogen) atoms. The lowest BCUT2D eigenvalue weighted by atomic mass is 9.82. The summed E-state index contributed by atoms with van der Waals surface area (Å²) in [5.74, 6) is 2.76. The van der Waals surface area contributed by atoms with Crippen molar-refractivity contribution in [3.05, 3.63) is 29.6 Å². The Morgan fingerprint density at radius 3 is 2.57 bits per heavy atom. The minimum Gasteiger partial charge on any atom is -0.325 e. The van der Waals surface area contributed by atoms with E-state index in [9.17, 15) is 0 Å². The maximum absolute atomic E-state index is 9.09. The number of rotatable bonds is 2. The largest absolute Gasteiger partial charge is 0.325 e. The molecule has 3 nitrogen and oxygen atoms in total. The molecule has 1 heterocycles. The number of imidazole rings is 1. The molecule has 0 N–H and O–H groups in total. The molecular formula is C18H21N3. The van der Waals surface area contributed by atoms with Crippen molar-refractivity contribution in [2.45, 2.75) is 57.4 Å². The van der Waals surface area contributed by atoms with Gasteiger partial charge in [-0.05, 0) is 49.8 Å². The van der Waals surface area contributed by atoms with E-state index in [2.05, 4.69) is 23.6 Å². The first-order valence-corrected chi connectivity index (χ1v) is 8.18. The van der Waals surface area contributed by atoms with Gasteiger partial charge in [0, 0.05) is 12.0 Å². The molecule has 0 saturated heterocycles. The third kappa shape index (κ3) is 2.23. The number of aromatic nitrogens is 2. The van der Waals surface area contributed by atoms with Crippen LogP contribution in [0.1, 0.15) is 68.8 Å². The van der Waals surface area contributed by atoms with E-state index in [4.69, 9.17) is 10.2 Å². The highest BCUT2D eigenvalue weighted by atomic mass is 15.1. The number of nitrogens with zero attached hydrogens (tertiary/aromatic N) is 3. The molecule has 0 bridgehead atoms. The smallest absolute Gasteiger partial charge is 0.113 e. The predicted molar refractivity (Wildman–Crippen MR) is 83.1 cm³/mol. The molecule has 0 radical (unpaired) electrons. The van der Waals surface area contributed by atoms with Crippen molar-refractivity contribution in [3.63, 3.8) is 0 Å². The molecule has 1 aromatic heterocycles. The van der Waals surface area contributed by atoms with Crippen molar-refractivity contribution < 1.29 is 0 Å². The van der Waals surface area contributed by atoms with Gasteiger partial charge in [0.15, 0.2) is 0 Å². The van der Waals surface area contributed by atoms with Gasteiger partial charge in [-0.2, -0.15) is 5.26 Å². The topological polar surface area (TPSA) is 41.6 Å². The van der Waals surface area contributed by atoms with Crippen LogP contribution in [0.25, 0.3) is 11.0 Å². The first-order valence-electron chi connectivity index (χ1n) is 8.18. The fourth-order valence-corrected chi connectivity index (χ4v) is 3.71. The van der Waals surface area contributed by atoms with Gasteiger partial charge in [0.25, 0.3) is 0 Å². The second kappa shape index (κ2) is 4.87. The maximum atomic E-state index is 9.09. The zero-order valence-electron chi connectivity index (χ0n) is 12.5. The monoisotopic (exact) mass is 279 g/mol. The highest BCUT2D eigenvalue weighted by Gasteiger charge is 2.32. The van der Waals surface area contributed by atoms with Crippen LogP contribution in [0.5, 0.6) is 0 Å². The van der Waals surface area contributed by atoms with E-state index in [1.165, 1.54) is 49.9 Å². The zero-order chi connectivity index (χ0) is 14.4. The Morgan fingerprint density at radius 2 is 1.90 bits per heavy atom. The van der Waals surface area contributed by atoms with Gasteiger partial charge in [0.1, 0.15) is 5.82 Å². The lowest BCUT2D eigenvalue weighted by molar-refractivity contribution is 0.334. The van der Waals surface area contributed by atoms with E-state index >= 15 is 0 Å². The number of hydrogen-bond donors (Lipinski definition) is 0. The van der Waals surface area contributed by atoms with E-state index in [0.29, 0.717) is 17.5 Å². The molecule has 2 aromatic rings. The van der Waals surface area contributed by atoms with E-state index in [0.717, 1.165) is 11.4 Å². The molecule has 4 rings (SSSR count). The molecule has 0 atom stereocenters. The lowest BCUT2D eigenvalue weighted by Crippen LogP contribution is -2.15. The summed E-state index contributed by atoms with van der Waals surface area (Å²) in [5, 5.41) is 9.09. The third-order valence-corrected chi connectivity index (χ3v) is 5.14. The molecule has 2 saturated carbocycles. The second-order valence-corrected chi connectivity index (χ2v) is 6.84. The number of fused-ring (bicyclic) bond motifs is 1. The summed E-state index contributed by atoms with van der Waals surface area (Å²) in [5.41, 5.74) is 2.95. The van der Waals surface area contributed by atoms with Crippen molar-refractivity contribution in [1.82, 2.24) is 9.55 Å². The van der Waals surface area contributed by atoms with E-state index in [1.54, 1.807) is 0 Å². The highest BCUT2D eigenvalue weighted by Crippen LogP contribution is 2.43. The van der Waals surface area contributed by atoms with Gasteiger partial charge in [0.2, 0.25) is 0 Å². The average Bonchev–Trinajstić information content (AvgIpc) is 3.27. The van der Waals surface area contributed by atoms with Crippen molar-refractivity contribution in [1.29, 1.82) is 5.26 Å². The summed E-state index contributed by atoms with van der Waals surface area (Å²) in [7, 11) is 0. The van der Waals surface area contributed by atoms with Crippen LogP contribution in [0, 0.1) is 17.2 Å². The Bertz CT molecular complexity index is 710. The Labute approximate surface area is 125 Å². The van der Waals surface area contributed by atoms with Crippen molar-refractivity contribution in [2.75, 3.05) is 0 Å². The molecule has 0 unspecified atom stereocenters. The minimum absolute atomic E-state index is 0.611. The molecule has 0 spiro atoms. The molecule has 108 valence electrons. The first-order chi connectivity index (χ1) is 10.3. The van der Waals surface area contributed by atoms with Gasteiger partial charge in [0.05, 0.1) is 22.7 Å². The SMILES string of the molecule is CC1CCC(c2nc3cc(C#N)ccc3n2C2CC2)CC1. The van der Waals surface area contributed by atoms with Crippen molar-refractivity contribution >= 4 is 11.0 Å². The predicted octanol–water partition coefficient (Wildman–Crippen LogP) is 4.54. The van der Waals surface area contributed by atoms with E-state index < -0.39 is 0 Å². The summed E-state index contributed by atoms with van der Waals surface area (Å²) in [6.45, 7) is 2.36. The number of benzene rings is 1. The summed E-state index contributed by atoms with van der Waals surface area (Å²) in [6, 6.07) is 8.84. The Balaban J connectivity index is 1.80. The summed E-state index contributed by atoms with van der Waals surface area (Å²) < 4.78 is 2.48. The van der Waals surface area contributed by atoms with E-state index in [-0.39, 0.29) is 0 Å². The Morgan fingerprint density at radius 1 is 1.14 bits per heavy atom. The summed E-state index contributed by atoms with van der Waals surface area (Å²) in [6.07, 6.45) is 7.73. The lowest BCUT2D eigenvalue weighted by Gasteiger charge is -2.26. The van der Waals surface area contributed by atoms with Crippen molar-refractivity contribution in [3.8, 4) is 6.07 Å². The molecule has 0 amide bonds.